The van der Waals surface area contributed by atoms with Gasteiger partial charge in [0.2, 0.25) is 0 Å². The van der Waals surface area contributed by atoms with Crippen LogP contribution in [-0.2, 0) is 42.9 Å². The minimum absolute atomic E-state index is 0.00994. The number of carboxylic acid groups (broad SMARTS) is 1. The summed E-state index contributed by atoms with van der Waals surface area (Å²) in [5.41, 5.74) is 0. The van der Waals surface area contributed by atoms with Crippen LogP contribution < -0.4 is 0 Å². The van der Waals surface area contributed by atoms with E-state index in [0.29, 0.717) is 19.3 Å². The number of hydrogen-bond acceptors (Lipinski definition) is 11. The molecule has 12 heteroatoms. The molecule has 1 aliphatic rings. The van der Waals surface area contributed by atoms with Crippen LogP contribution in [0.2, 0.25) is 0 Å². The molecule has 12 nitrogen and oxygen atoms in total. The lowest BCUT2D eigenvalue weighted by Gasteiger charge is -2.40. The molecule has 71 heavy (non-hydrogen) atoms. The van der Waals surface area contributed by atoms with E-state index in [2.05, 4.69) is 118 Å². The predicted molar refractivity (Wildman–Crippen MR) is 284 cm³/mol. The Labute approximate surface area is 427 Å². The van der Waals surface area contributed by atoms with Gasteiger partial charge >= 0.3 is 23.9 Å². The van der Waals surface area contributed by atoms with Crippen LogP contribution in [0.25, 0.3) is 0 Å². The first-order valence-electron chi connectivity index (χ1n) is 26.9. The van der Waals surface area contributed by atoms with Gasteiger partial charge in [0.15, 0.2) is 24.6 Å². The number of allylic oxidation sites excluding steroid dienone is 18. The number of carboxylic acids is 1. The SMILES string of the molecule is CC/C=C\C/C=C\C/C=C\C/C=C\C/C=C\CCCCCC(=O)OC1C(OCC(COC(=O)CC/C=C\C/C=C\C/C=C\C/C=C\CC)OC(=O)CCCCCCCCCCC)OC(C(=O)O)C(O)C1O. The van der Waals surface area contributed by atoms with Gasteiger partial charge in [0.1, 0.15) is 18.8 Å². The summed E-state index contributed by atoms with van der Waals surface area (Å²) in [5, 5.41) is 31.3. The number of unbranched alkanes of at least 4 members (excludes halogenated alkanes) is 11. The zero-order valence-electron chi connectivity index (χ0n) is 43.7. The smallest absolute Gasteiger partial charge is 0.335 e. The van der Waals surface area contributed by atoms with Crippen molar-refractivity contribution in [2.75, 3.05) is 13.2 Å². The highest BCUT2D eigenvalue weighted by Gasteiger charge is 2.50. The molecule has 0 aromatic heterocycles. The fraction of sp³-hybridized carbons (Fsp3) is 0.627. The van der Waals surface area contributed by atoms with Gasteiger partial charge in [0, 0.05) is 19.3 Å². The van der Waals surface area contributed by atoms with Crippen molar-refractivity contribution in [1.82, 2.24) is 0 Å². The van der Waals surface area contributed by atoms with Gasteiger partial charge in [0.25, 0.3) is 0 Å². The summed E-state index contributed by atoms with van der Waals surface area (Å²) in [6, 6.07) is 0. The zero-order valence-corrected chi connectivity index (χ0v) is 43.7. The largest absolute Gasteiger partial charge is 0.479 e. The molecule has 0 spiro atoms. The molecule has 1 heterocycles. The zero-order chi connectivity index (χ0) is 51.8. The Bertz CT molecular complexity index is 1650. The number of carbonyl (C=O) groups is 4. The highest BCUT2D eigenvalue weighted by molar-refractivity contribution is 5.74. The Kier molecular flexibility index (Phi) is 42.1. The van der Waals surface area contributed by atoms with Crippen molar-refractivity contribution >= 4 is 23.9 Å². The quantitative estimate of drug-likeness (QED) is 0.0229. The number of hydrogen-bond donors (Lipinski definition) is 3. The number of aliphatic hydroxyl groups excluding tert-OH is 2. The van der Waals surface area contributed by atoms with Crippen molar-refractivity contribution in [3.8, 4) is 0 Å². The Balaban J connectivity index is 2.74. The summed E-state index contributed by atoms with van der Waals surface area (Å²) in [7, 11) is 0. The summed E-state index contributed by atoms with van der Waals surface area (Å²) >= 11 is 0. The third-order valence-corrected chi connectivity index (χ3v) is 11.4. The topological polar surface area (TPSA) is 175 Å². The average Bonchev–Trinajstić information content (AvgIpc) is 3.35. The van der Waals surface area contributed by atoms with E-state index >= 15 is 0 Å². The molecule has 3 N–H and O–H groups in total. The lowest BCUT2D eigenvalue weighted by molar-refractivity contribution is -0.301. The van der Waals surface area contributed by atoms with Crippen LogP contribution in [-0.4, -0.2) is 89.2 Å². The number of ether oxygens (including phenoxy) is 5. The van der Waals surface area contributed by atoms with Crippen molar-refractivity contribution in [2.24, 2.45) is 0 Å². The monoisotopic (exact) mass is 993 g/mol. The number of aliphatic carboxylic acids is 1. The van der Waals surface area contributed by atoms with Gasteiger partial charge < -0.3 is 39.0 Å². The Hall–Kier alpha value is -4.62. The molecule has 0 aromatic carbocycles. The number of esters is 3. The van der Waals surface area contributed by atoms with Crippen LogP contribution in [0.3, 0.4) is 0 Å². The Morgan fingerprint density at radius 1 is 0.479 bits per heavy atom. The Morgan fingerprint density at radius 2 is 0.915 bits per heavy atom. The minimum Gasteiger partial charge on any atom is -0.479 e. The molecule has 400 valence electrons. The summed E-state index contributed by atoms with van der Waals surface area (Å²) in [5.74, 6) is -3.29. The van der Waals surface area contributed by atoms with Gasteiger partial charge in [-0.05, 0) is 89.9 Å². The molecule has 0 aromatic rings. The normalized spacial score (nSPS) is 19.4. The van der Waals surface area contributed by atoms with E-state index in [1.807, 2.05) is 12.2 Å². The molecular weight excluding hydrogens is 901 g/mol. The van der Waals surface area contributed by atoms with Crippen molar-refractivity contribution in [2.45, 2.75) is 225 Å². The molecule has 1 rings (SSSR count). The molecule has 0 bridgehead atoms. The van der Waals surface area contributed by atoms with Gasteiger partial charge in [-0.3, -0.25) is 14.4 Å². The summed E-state index contributed by atoms with van der Waals surface area (Å²) in [6.07, 6.45) is 49.6. The average molecular weight is 993 g/mol. The highest BCUT2D eigenvalue weighted by atomic mass is 16.7. The minimum atomic E-state index is -1.93. The first-order valence-corrected chi connectivity index (χ1v) is 26.9. The second kappa shape index (κ2) is 46.5. The molecule has 1 aliphatic heterocycles. The number of aliphatic hydroxyl groups is 2. The van der Waals surface area contributed by atoms with Gasteiger partial charge in [-0.1, -0.05) is 188 Å². The maximum Gasteiger partial charge on any atom is 0.335 e. The molecule has 6 atom stereocenters. The van der Waals surface area contributed by atoms with E-state index in [1.54, 1.807) is 0 Å². The van der Waals surface area contributed by atoms with Crippen LogP contribution in [0.5, 0.6) is 0 Å². The molecule has 0 amide bonds. The van der Waals surface area contributed by atoms with Crippen molar-refractivity contribution < 1.29 is 58.2 Å². The van der Waals surface area contributed by atoms with Gasteiger partial charge in [0.05, 0.1) is 6.61 Å². The molecule has 0 radical (unpaired) electrons. The van der Waals surface area contributed by atoms with E-state index in [9.17, 15) is 34.5 Å². The van der Waals surface area contributed by atoms with Crippen LogP contribution >= 0.6 is 0 Å². The van der Waals surface area contributed by atoms with Crippen LogP contribution in [0.1, 0.15) is 188 Å². The predicted octanol–water partition coefficient (Wildman–Crippen LogP) is 13.1. The van der Waals surface area contributed by atoms with Crippen molar-refractivity contribution in [3.05, 3.63) is 109 Å². The fourth-order valence-electron chi connectivity index (χ4n) is 7.29. The first kappa shape index (κ1) is 64.4. The first-order chi connectivity index (χ1) is 34.6. The summed E-state index contributed by atoms with van der Waals surface area (Å²) in [6.45, 7) is 5.62. The van der Waals surface area contributed by atoms with E-state index in [1.165, 1.54) is 25.7 Å². The number of carbonyl (C=O) groups excluding carboxylic acids is 3. The fourth-order valence-corrected chi connectivity index (χ4v) is 7.29. The third-order valence-electron chi connectivity index (χ3n) is 11.4. The summed E-state index contributed by atoms with van der Waals surface area (Å²) < 4.78 is 28.1. The van der Waals surface area contributed by atoms with E-state index in [0.717, 1.165) is 103 Å². The van der Waals surface area contributed by atoms with E-state index < -0.39 is 67.3 Å². The van der Waals surface area contributed by atoms with Gasteiger partial charge in [-0.2, -0.15) is 0 Å². The lowest BCUT2D eigenvalue weighted by atomic mass is 9.98. The van der Waals surface area contributed by atoms with E-state index in [-0.39, 0.29) is 25.9 Å². The molecule has 0 saturated carbocycles. The van der Waals surface area contributed by atoms with Crippen LogP contribution in [0.15, 0.2) is 109 Å². The molecule has 0 aliphatic carbocycles. The lowest BCUT2D eigenvalue weighted by Crippen LogP contribution is -2.61. The second-order valence-corrected chi connectivity index (χ2v) is 17.8. The van der Waals surface area contributed by atoms with E-state index in [4.69, 9.17) is 23.7 Å². The molecule has 6 unspecified atom stereocenters. The van der Waals surface area contributed by atoms with Crippen molar-refractivity contribution in [3.63, 3.8) is 0 Å². The molecule has 1 saturated heterocycles. The van der Waals surface area contributed by atoms with Gasteiger partial charge in [-0.15, -0.1) is 0 Å². The van der Waals surface area contributed by atoms with Crippen LogP contribution in [0.4, 0.5) is 0 Å². The van der Waals surface area contributed by atoms with Crippen LogP contribution in [0, 0.1) is 0 Å². The standard InChI is InChI=1S/C59H92O12/c1-4-7-10-13-16-19-21-23-24-25-26-27-28-30-32-35-38-41-44-47-53(62)70-57-55(64)54(63)56(58(65)66)71-59(57)68-49-50(69-52(61)46-43-40-37-33-18-15-12-9-6-3)48-67-51(60)45-42-39-36-34-31-29-22-20-17-14-11-8-5-2/h7-8,10-11,16-17,19-20,23-24,26-27,29-32,36,39,50,54-57,59,63-64H,4-6,9,12-15,18,21-22,25,28,33-35,37-38,40-49H2,1-3H3,(H,65,66)/b10-7-,11-8-,19-16-,20-17-,24-23-,27-26-,31-29-,32-30-,39-36-. The van der Waals surface area contributed by atoms with Gasteiger partial charge in [-0.25, -0.2) is 4.79 Å². The molecule has 1 fully saturated rings. The Morgan fingerprint density at radius 3 is 1.41 bits per heavy atom. The third kappa shape index (κ3) is 36.9. The highest BCUT2D eigenvalue weighted by Crippen LogP contribution is 2.26. The maximum absolute atomic E-state index is 13.0. The summed E-state index contributed by atoms with van der Waals surface area (Å²) in [4.78, 5) is 50.8. The van der Waals surface area contributed by atoms with Crippen molar-refractivity contribution in [1.29, 1.82) is 0 Å². The molecular formula is C59H92O12. The second-order valence-electron chi connectivity index (χ2n) is 17.8. The number of rotatable bonds is 43. The maximum atomic E-state index is 13.0.